The van der Waals surface area contributed by atoms with Crippen molar-refractivity contribution in [1.82, 2.24) is 9.55 Å². The highest BCUT2D eigenvalue weighted by atomic mass is 35.5. The van der Waals surface area contributed by atoms with Gasteiger partial charge in [0.15, 0.2) is 0 Å². The lowest BCUT2D eigenvalue weighted by Gasteiger charge is -2.14. The molecule has 0 unspecified atom stereocenters. The molecule has 86 valence electrons. The van der Waals surface area contributed by atoms with Gasteiger partial charge >= 0.3 is 0 Å². The lowest BCUT2D eigenvalue weighted by Crippen LogP contribution is -2.11. The first kappa shape index (κ1) is 11.4. The van der Waals surface area contributed by atoms with Crippen molar-refractivity contribution >= 4 is 22.6 Å². The molecule has 2 aromatic rings. The minimum absolute atomic E-state index is 0.407. The number of imidazole rings is 1. The van der Waals surface area contributed by atoms with Crippen molar-refractivity contribution < 1.29 is 0 Å². The predicted octanol–water partition coefficient (Wildman–Crippen LogP) is 3.12. The van der Waals surface area contributed by atoms with Crippen molar-refractivity contribution in [3.63, 3.8) is 0 Å². The fraction of sp³-hybridized carbons (Fsp3) is 0.417. The molecule has 2 N–H and O–H groups in total. The van der Waals surface area contributed by atoms with Crippen LogP contribution in [0.15, 0.2) is 18.2 Å². The van der Waals surface area contributed by atoms with E-state index in [-0.39, 0.29) is 0 Å². The van der Waals surface area contributed by atoms with E-state index in [4.69, 9.17) is 17.3 Å². The third-order valence-electron chi connectivity index (χ3n) is 2.94. The molecule has 0 aliphatic rings. The minimum atomic E-state index is 0.407. The van der Waals surface area contributed by atoms with Crippen LogP contribution in [0.4, 0.5) is 0 Å². The second kappa shape index (κ2) is 4.44. The van der Waals surface area contributed by atoms with E-state index in [1.54, 1.807) is 0 Å². The van der Waals surface area contributed by atoms with Crippen LogP contribution in [0.1, 0.15) is 32.1 Å². The fourth-order valence-electron chi connectivity index (χ4n) is 1.94. The van der Waals surface area contributed by atoms with Crippen molar-refractivity contribution in [2.45, 2.75) is 32.9 Å². The van der Waals surface area contributed by atoms with Crippen molar-refractivity contribution in [2.75, 3.05) is 0 Å². The smallest absolute Gasteiger partial charge is 0.123 e. The van der Waals surface area contributed by atoms with Gasteiger partial charge in [0.25, 0.3) is 0 Å². The zero-order valence-corrected chi connectivity index (χ0v) is 10.3. The SMILES string of the molecule is CC[C@@H](C)n1c(CN)nc2cc(Cl)ccc21. The molecule has 0 bridgehead atoms. The molecule has 4 heteroatoms. The largest absolute Gasteiger partial charge is 0.324 e. The molecule has 1 heterocycles. The first-order chi connectivity index (χ1) is 7.67. The van der Waals surface area contributed by atoms with Gasteiger partial charge in [-0.25, -0.2) is 4.98 Å². The van der Waals surface area contributed by atoms with Crippen molar-refractivity contribution in [3.05, 3.63) is 29.0 Å². The van der Waals surface area contributed by atoms with E-state index >= 15 is 0 Å². The number of fused-ring (bicyclic) bond motifs is 1. The summed E-state index contributed by atoms with van der Waals surface area (Å²) in [5.41, 5.74) is 7.76. The Morgan fingerprint density at radius 2 is 2.25 bits per heavy atom. The third-order valence-corrected chi connectivity index (χ3v) is 3.17. The van der Waals surface area contributed by atoms with E-state index in [0.717, 1.165) is 23.3 Å². The van der Waals surface area contributed by atoms with Crippen molar-refractivity contribution in [2.24, 2.45) is 5.73 Å². The van der Waals surface area contributed by atoms with Crippen LogP contribution >= 0.6 is 11.6 Å². The van der Waals surface area contributed by atoms with E-state index in [1.165, 1.54) is 0 Å². The molecule has 0 aliphatic heterocycles. The maximum atomic E-state index is 5.96. The Morgan fingerprint density at radius 3 is 2.88 bits per heavy atom. The number of benzene rings is 1. The molecule has 0 saturated carbocycles. The lowest BCUT2D eigenvalue weighted by molar-refractivity contribution is 0.522. The highest BCUT2D eigenvalue weighted by Gasteiger charge is 2.13. The first-order valence-corrected chi connectivity index (χ1v) is 5.91. The van der Waals surface area contributed by atoms with E-state index in [0.29, 0.717) is 17.6 Å². The molecule has 1 aromatic heterocycles. The maximum absolute atomic E-state index is 5.96. The van der Waals surface area contributed by atoms with Gasteiger partial charge in [-0.05, 0) is 31.5 Å². The topological polar surface area (TPSA) is 43.8 Å². The Morgan fingerprint density at radius 1 is 1.50 bits per heavy atom. The van der Waals surface area contributed by atoms with Gasteiger partial charge in [0, 0.05) is 11.1 Å². The average molecular weight is 238 g/mol. The van der Waals surface area contributed by atoms with E-state index < -0.39 is 0 Å². The summed E-state index contributed by atoms with van der Waals surface area (Å²) >= 11 is 5.96. The fourth-order valence-corrected chi connectivity index (χ4v) is 2.11. The van der Waals surface area contributed by atoms with Gasteiger partial charge in [-0.2, -0.15) is 0 Å². The van der Waals surface area contributed by atoms with Crippen LogP contribution in [0.5, 0.6) is 0 Å². The molecule has 0 aliphatic carbocycles. The van der Waals surface area contributed by atoms with Gasteiger partial charge in [-0.1, -0.05) is 18.5 Å². The molecule has 0 amide bonds. The summed E-state index contributed by atoms with van der Waals surface area (Å²) in [6.07, 6.45) is 1.06. The van der Waals surface area contributed by atoms with E-state index in [9.17, 15) is 0 Å². The highest BCUT2D eigenvalue weighted by Crippen LogP contribution is 2.25. The summed E-state index contributed by atoms with van der Waals surface area (Å²) in [4.78, 5) is 4.51. The van der Waals surface area contributed by atoms with Gasteiger partial charge in [0.2, 0.25) is 0 Å². The first-order valence-electron chi connectivity index (χ1n) is 5.53. The van der Waals surface area contributed by atoms with Gasteiger partial charge in [0.05, 0.1) is 17.6 Å². The number of nitrogens with two attached hydrogens (primary N) is 1. The van der Waals surface area contributed by atoms with Gasteiger partial charge < -0.3 is 10.3 Å². The van der Waals surface area contributed by atoms with Crippen LogP contribution in [0.25, 0.3) is 11.0 Å². The number of aromatic nitrogens is 2. The number of rotatable bonds is 3. The van der Waals surface area contributed by atoms with Crippen LogP contribution in [-0.4, -0.2) is 9.55 Å². The normalized spacial score (nSPS) is 13.2. The minimum Gasteiger partial charge on any atom is -0.324 e. The average Bonchev–Trinajstić information content (AvgIpc) is 2.65. The van der Waals surface area contributed by atoms with E-state index in [2.05, 4.69) is 23.4 Å². The van der Waals surface area contributed by atoms with Gasteiger partial charge in [-0.15, -0.1) is 0 Å². The van der Waals surface area contributed by atoms with Crippen LogP contribution in [0.3, 0.4) is 0 Å². The summed E-state index contributed by atoms with van der Waals surface area (Å²) in [6.45, 7) is 4.79. The summed E-state index contributed by atoms with van der Waals surface area (Å²) in [6, 6.07) is 6.19. The Bertz CT molecular complexity index is 504. The monoisotopic (exact) mass is 237 g/mol. The van der Waals surface area contributed by atoms with Crippen molar-refractivity contribution in [1.29, 1.82) is 0 Å². The zero-order valence-electron chi connectivity index (χ0n) is 9.57. The number of hydrogen-bond acceptors (Lipinski definition) is 2. The molecular weight excluding hydrogens is 222 g/mol. The zero-order chi connectivity index (χ0) is 11.7. The molecule has 0 saturated heterocycles. The third kappa shape index (κ3) is 1.81. The van der Waals surface area contributed by atoms with Crippen LogP contribution in [-0.2, 0) is 6.54 Å². The van der Waals surface area contributed by atoms with Crippen LogP contribution in [0.2, 0.25) is 5.02 Å². The molecule has 0 radical (unpaired) electrons. The summed E-state index contributed by atoms with van der Waals surface area (Å²) in [5, 5.41) is 0.713. The maximum Gasteiger partial charge on any atom is 0.123 e. The van der Waals surface area contributed by atoms with Crippen molar-refractivity contribution in [3.8, 4) is 0 Å². The summed E-state index contributed by atoms with van der Waals surface area (Å²) < 4.78 is 2.20. The molecule has 0 fully saturated rings. The summed E-state index contributed by atoms with van der Waals surface area (Å²) in [7, 11) is 0. The molecule has 16 heavy (non-hydrogen) atoms. The number of nitrogens with zero attached hydrogens (tertiary/aromatic N) is 2. The Labute approximate surface area is 100 Å². The van der Waals surface area contributed by atoms with Gasteiger partial charge in [0.1, 0.15) is 5.82 Å². The van der Waals surface area contributed by atoms with E-state index in [1.807, 2.05) is 18.2 Å². The Balaban J connectivity index is 2.68. The summed E-state index contributed by atoms with van der Waals surface area (Å²) in [5.74, 6) is 0.923. The molecule has 1 aromatic carbocycles. The molecule has 2 rings (SSSR count). The molecular formula is C12H16ClN3. The second-order valence-electron chi connectivity index (χ2n) is 3.99. The Kier molecular flexibility index (Phi) is 3.17. The lowest BCUT2D eigenvalue weighted by atomic mass is 10.2. The van der Waals surface area contributed by atoms with Crippen LogP contribution in [0, 0.1) is 0 Å². The predicted molar refractivity (Wildman–Crippen MR) is 67.6 cm³/mol. The molecule has 1 atom stereocenters. The number of halogens is 1. The molecule has 3 nitrogen and oxygen atoms in total. The molecule has 0 spiro atoms. The highest BCUT2D eigenvalue weighted by molar-refractivity contribution is 6.31. The van der Waals surface area contributed by atoms with Crippen LogP contribution < -0.4 is 5.73 Å². The van der Waals surface area contributed by atoms with Gasteiger partial charge in [-0.3, -0.25) is 0 Å². The Hall–Kier alpha value is -1.06. The second-order valence-corrected chi connectivity index (χ2v) is 4.43. The quantitative estimate of drug-likeness (QED) is 0.892. The standard InChI is InChI=1S/C12H16ClN3/c1-3-8(2)16-11-5-4-9(13)6-10(11)15-12(16)7-14/h4-6,8H,3,7,14H2,1-2H3/t8-/m1/s1. The number of hydrogen-bond donors (Lipinski definition) is 1.